The minimum atomic E-state index is -3.83. The van der Waals surface area contributed by atoms with E-state index in [1.165, 1.54) is 11.0 Å². The molecule has 0 fully saturated rings. The van der Waals surface area contributed by atoms with Crippen molar-refractivity contribution in [1.82, 2.24) is 10.2 Å². The van der Waals surface area contributed by atoms with E-state index in [1.807, 2.05) is 0 Å². The van der Waals surface area contributed by atoms with E-state index in [0.29, 0.717) is 29.5 Å². The highest BCUT2D eigenvalue weighted by molar-refractivity contribution is 7.92. The van der Waals surface area contributed by atoms with Crippen LogP contribution in [-0.2, 0) is 26.2 Å². The number of hydrogen-bond donors (Lipinski definition) is 1. The van der Waals surface area contributed by atoms with Crippen LogP contribution in [0.4, 0.5) is 5.69 Å². The first-order valence-corrected chi connectivity index (χ1v) is 13.1. The molecule has 2 amide bonds. The molecule has 1 aliphatic heterocycles. The quantitative estimate of drug-likeness (QED) is 0.528. The minimum absolute atomic E-state index is 0.0379. The maximum Gasteiger partial charge on any atom is 0.244 e. The van der Waals surface area contributed by atoms with Gasteiger partial charge >= 0.3 is 0 Å². The smallest absolute Gasteiger partial charge is 0.244 e. The molecular weight excluding hydrogens is 482 g/mol. The number of sulfonamides is 1. The largest absolute Gasteiger partial charge is 0.454 e. The molecule has 0 aromatic heterocycles. The summed E-state index contributed by atoms with van der Waals surface area (Å²) < 4.78 is 36.9. The zero-order chi connectivity index (χ0) is 24.9. The molecule has 2 aromatic carbocycles. The average Bonchev–Trinajstić information content (AvgIpc) is 3.26. The number of likely N-dealkylation sites (N-methyl/N-ethyl adjacent to an activating group) is 1. The van der Waals surface area contributed by atoms with Crippen molar-refractivity contribution in [2.75, 3.05) is 30.4 Å². The van der Waals surface area contributed by atoms with Crippen LogP contribution < -0.4 is 19.1 Å². The number of hydrogen-bond acceptors (Lipinski definition) is 6. The van der Waals surface area contributed by atoms with Gasteiger partial charge < -0.3 is 19.7 Å². The number of carbonyl (C=O) groups is 2. The summed E-state index contributed by atoms with van der Waals surface area (Å²) in [4.78, 5) is 27.7. The lowest BCUT2D eigenvalue weighted by atomic mass is 10.1. The van der Waals surface area contributed by atoms with Gasteiger partial charge in [0, 0.05) is 24.2 Å². The molecule has 1 N–H and O–H groups in total. The summed E-state index contributed by atoms with van der Waals surface area (Å²) in [6.07, 6.45) is 1.38. The Morgan fingerprint density at radius 1 is 1.09 bits per heavy atom. The van der Waals surface area contributed by atoms with Gasteiger partial charge in [0.15, 0.2) is 11.5 Å². The number of benzene rings is 2. The number of nitrogens with zero attached hydrogens (tertiary/aromatic N) is 2. The van der Waals surface area contributed by atoms with E-state index in [9.17, 15) is 18.0 Å². The van der Waals surface area contributed by atoms with Crippen molar-refractivity contribution in [2.45, 2.75) is 32.9 Å². The maximum absolute atomic E-state index is 13.5. The van der Waals surface area contributed by atoms with Crippen LogP contribution in [0.5, 0.6) is 11.5 Å². The van der Waals surface area contributed by atoms with Gasteiger partial charge in [0.05, 0.1) is 11.9 Å². The number of ether oxygens (including phenoxy) is 2. The van der Waals surface area contributed by atoms with Crippen LogP contribution in [0, 0.1) is 0 Å². The number of carbonyl (C=O) groups excluding carboxylic acids is 2. The summed E-state index contributed by atoms with van der Waals surface area (Å²) in [5.41, 5.74) is 1.02. The summed E-state index contributed by atoms with van der Waals surface area (Å²) in [6.45, 7) is 3.67. The molecule has 0 saturated carbocycles. The van der Waals surface area contributed by atoms with Crippen LogP contribution in [0.1, 0.15) is 25.8 Å². The molecule has 34 heavy (non-hydrogen) atoms. The zero-order valence-corrected chi connectivity index (χ0v) is 20.9. The Morgan fingerprint density at radius 2 is 1.76 bits per heavy atom. The zero-order valence-electron chi connectivity index (χ0n) is 19.3. The van der Waals surface area contributed by atoms with Gasteiger partial charge in [0.2, 0.25) is 28.6 Å². The number of nitrogens with one attached hydrogen (secondary N) is 1. The van der Waals surface area contributed by atoms with Crippen LogP contribution in [-0.4, -0.2) is 57.3 Å². The van der Waals surface area contributed by atoms with Crippen LogP contribution in [0.3, 0.4) is 0 Å². The maximum atomic E-state index is 13.5. The van der Waals surface area contributed by atoms with Crippen molar-refractivity contribution < 1.29 is 27.5 Å². The third kappa shape index (κ3) is 6.12. The van der Waals surface area contributed by atoms with Crippen LogP contribution >= 0.6 is 11.6 Å². The lowest BCUT2D eigenvalue weighted by Gasteiger charge is -2.32. The van der Waals surface area contributed by atoms with E-state index in [2.05, 4.69) is 5.32 Å². The third-order valence-electron chi connectivity index (χ3n) is 5.33. The molecule has 3 rings (SSSR count). The molecule has 0 spiro atoms. The number of amides is 2. The van der Waals surface area contributed by atoms with Crippen molar-refractivity contribution in [2.24, 2.45) is 0 Å². The van der Waals surface area contributed by atoms with E-state index in [0.717, 1.165) is 16.1 Å². The number of anilines is 1. The van der Waals surface area contributed by atoms with Crippen LogP contribution in [0.15, 0.2) is 42.5 Å². The molecule has 0 saturated heterocycles. The standard InChI is InChI=1S/C23H28ClN3O6S/c1-4-19(23(29)25-5-2)26(13-16-6-8-17(24)9-7-16)22(28)14-27(34(3,30)31)18-10-11-20-21(12-18)33-15-32-20/h6-12,19H,4-5,13-15H2,1-3H3,(H,25,29)/t19-/m0/s1. The monoisotopic (exact) mass is 509 g/mol. The second-order valence-electron chi connectivity index (χ2n) is 7.77. The van der Waals surface area contributed by atoms with E-state index < -0.39 is 28.5 Å². The van der Waals surface area contributed by atoms with E-state index >= 15 is 0 Å². The molecule has 0 aliphatic carbocycles. The molecule has 184 valence electrons. The summed E-state index contributed by atoms with van der Waals surface area (Å²) in [6, 6.07) is 10.8. The normalized spacial score (nSPS) is 13.3. The molecule has 9 nitrogen and oxygen atoms in total. The first-order chi connectivity index (χ1) is 16.1. The molecular formula is C23H28ClN3O6S. The predicted molar refractivity (Wildman–Crippen MR) is 130 cm³/mol. The fourth-order valence-electron chi connectivity index (χ4n) is 3.65. The van der Waals surface area contributed by atoms with Gasteiger partial charge in [-0.2, -0.15) is 0 Å². The number of rotatable bonds is 10. The Kier molecular flexibility index (Phi) is 8.27. The van der Waals surface area contributed by atoms with Gasteiger partial charge in [-0.15, -0.1) is 0 Å². The second kappa shape index (κ2) is 11.0. The molecule has 1 heterocycles. The summed E-state index contributed by atoms with van der Waals surface area (Å²) >= 11 is 5.98. The highest BCUT2D eigenvalue weighted by Gasteiger charge is 2.32. The molecule has 0 unspecified atom stereocenters. The third-order valence-corrected chi connectivity index (χ3v) is 6.72. The van der Waals surface area contributed by atoms with Gasteiger partial charge in [-0.25, -0.2) is 8.42 Å². The highest BCUT2D eigenvalue weighted by Crippen LogP contribution is 2.36. The summed E-state index contributed by atoms with van der Waals surface area (Å²) in [5, 5.41) is 3.30. The van der Waals surface area contributed by atoms with Gasteiger partial charge in [0.25, 0.3) is 0 Å². The van der Waals surface area contributed by atoms with Crippen molar-refractivity contribution in [1.29, 1.82) is 0 Å². The van der Waals surface area contributed by atoms with Crippen molar-refractivity contribution in [3.63, 3.8) is 0 Å². The molecule has 2 aromatic rings. The van der Waals surface area contributed by atoms with Crippen molar-refractivity contribution >= 4 is 39.1 Å². The van der Waals surface area contributed by atoms with E-state index in [4.69, 9.17) is 21.1 Å². The Morgan fingerprint density at radius 3 is 2.38 bits per heavy atom. The Balaban J connectivity index is 1.93. The summed E-state index contributed by atoms with van der Waals surface area (Å²) in [5.74, 6) is 0.0676. The van der Waals surface area contributed by atoms with Crippen LogP contribution in [0.2, 0.25) is 5.02 Å². The Bertz CT molecular complexity index is 1140. The molecule has 1 aliphatic rings. The number of fused-ring (bicyclic) bond motifs is 1. The fraction of sp³-hybridized carbons (Fsp3) is 0.391. The van der Waals surface area contributed by atoms with Crippen molar-refractivity contribution in [3.05, 3.63) is 53.1 Å². The van der Waals surface area contributed by atoms with Crippen molar-refractivity contribution in [3.8, 4) is 11.5 Å². The predicted octanol–water partition coefficient (Wildman–Crippen LogP) is 2.78. The first-order valence-electron chi connectivity index (χ1n) is 10.8. The SMILES string of the molecule is CCNC(=O)[C@H](CC)N(Cc1ccc(Cl)cc1)C(=O)CN(c1ccc2c(c1)OCO2)S(C)(=O)=O. The first kappa shape index (κ1) is 25.6. The average molecular weight is 510 g/mol. The summed E-state index contributed by atoms with van der Waals surface area (Å²) in [7, 11) is -3.83. The fourth-order valence-corrected chi connectivity index (χ4v) is 4.62. The number of halogens is 1. The van der Waals surface area contributed by atoms with Gasteiger partial charge in [-0.05, 0) is 43.2 Å². The highest BCUT2D eigenvalue weighted by atomic mass is 35.5. The minimum Gasteiger partial charge on any atom is -0.454 e. The second-order valence-corrected chi connectivity index (χ2v) is 10.1. The van der Waals surface area contributed by atoms with E-state index in [-0.39, 0.29) is 24.9 Å². The Labute approximate surface area is 204 Å². The Hall–Kier alpha value is -2.98. The van der Waals surface area contributed by atoms with Gasteiger partial charge in [-0.1, -0.05) is 30.7 Å². The van der Waals surface area contributed by atoms with Crippen LogP contribution in [0.25, 0.3) is 0 Å². The topological polar surface area (TPSA) is 105 Å². The molecule has 0 bridgehead atoms. The molecule has 0 radical (unpaired) electrons. The van der Waals surface area contributed by atoms with Gasteiger partial charge in [0.1, 0.15) is 12.6 Å². The van der Waals surface area contributed by atoms with E-state index in [1.54, 1.807) is 50.2 Å². The lowest BCUT2D eigenvalue weighted by molar-refractivity contribution is -0.140. The molecule has 1 atom stereocenters. The molecule has 11 heteroatoms. The van der Waals surface area contributed by atoms with Gasteiger partial charge in [-0.3, -0.25) is 13.9 Å². The lowest BCUT2D eigenvalue weighted by Crippen LogP contribution is -2.52.